The predicted molar refractivity (Wildman–Crippen MR) is 87.9 cm³/mol. The number of aliphatic hydroxyl groups is 1. The molecule has 9 heteroatoms. The number of nitrogens with zero attached hydrogens (tertiary/aromatic N) is 2. The average molecular weight is 380 g/mol. The molecule has 2 aromatic carbocycles. The molecular weight excluding hydrogens is 368 g/mol. The Morgan fingerprint density at radius 1 is 1.19 bits per heavy atom. The number of aromatic nitrogens is 2. The third kappa shape index (κ3) is 3.87. The van der Waals surface area contributed by atoms with E-state index in [0.717, 1.165) is 12.1 Å². The summed E-state index contributed by atoms with van der Waals surface area (Å²) in [4.78, 5) is 15.8. The van der Waals surface area contributed by atoms with E-state index in [4.69, 9.17) is 16.1 Å². The van der Waals surface area contributed by atoms with E-state index >= 15 is 0 Å². The molecule has 0 aliphatic heterocycles. The quantitative estimate of drug-likeness (QED) is 0.711. The summed E-state index contributed by atoms with van der Waals surface area (Å²) in [5.74, 6) is -2.73. The van der Waals surface area contributed by atoms with Crippen molar-refractivity contribution in [3.8, 4) is 11.5 Å². The van der Waals surface area contributed by atoms with Gasteiger partial charge in [0, 0.05) is 5.02 Å². The van der Waals surface area contributed by atoms with Crippen LogP contribution >= 0.6 is 11.6 Å². The lowest BCUT2D eigenvalue weighted by Crippen LogP contribution is -2.29. The third-order valence-electron chi connectivity index (χ3n) is 3.50. The van der Waals surface area contributed by atoms with E-state index in [1.165, 1.54) is 18.2 Å². The molecule has 1 atom stereocenters. The van der Waals surface area contributed by atoms with Crippen molar-refractivity contribution in [3.05, 3.63) is 70.5 Å². The van der Waals surface area contributed by atoms with Gasteiger partial charge in [0.25, 0.3) is 11.8 Å². The van der Waals surface area contributed by atoms with E-state index in [0.29, 0.717) is 10.6 Å². The number of rotatable bonds is 5. The Labute approximate surface area is 151 Å². The zero-order valence-corrected chi connectivity index (χ0v) is 13.9. The van der Waals surface area contributed by atoms with Crippen LogP contribution in [0.2, 0.25) is 5.02 Å². The predicted octanol–water partition coefficient (Wildman–Crippen LogP) is 3.02. The number of hydrogen-bond acceptors (Lipinski definition) is 5. The van der Waals surface area contributed by atoms with Gasteiger partial charge < -0.3 is 14.9 Å². The van der Waals surface area contributed by atoms with Gasteiger partial charge in [-0.15, -0.1) is 0 Å². The minimum absolute atomic E-state index is 0.000640. The molecule has 0 saturated carbocycles. The molecule has 134 valence electrons. The largest absolute Gasteiger partial charge is 0.378 e. The highest BCUT2D eigenvalue weighted by Crippen LogP contribution is 2.24. The van der Waals surface area contributed by atoms with Crippen LogP contribution in [0.25, 0.3) is 11.5 Å². The maximum absolute atomic E-state index is 13.7. The summed E-state index contributed by atoms with van der Waals surface area (Å²) in [6, 6.07) is 9.45. The van der Waals surface area contributed by atoms with Gasteiger partial charge in [-0.1, -0.05) is 35.0 Å². The second kappa shape index (κ2) is 7.59. The average Bonchev–Trinajstić information content (AvgIpc) is 3.08. The van der Waals surface area contributed by atoms with Crippen LogP contribution in [0.15, 0.2) is 47.0 Å². The molecule has 1 aromatic heterocycles. The first kappa shape index (κ1) is 18.0. The van der Waals surface area contributed by atoms with Gasteiger partial charge in [0.15, 0.2) is 11.9 Å². The van der Waals surface area contributed by atoms with Crippen molar-refractivity contribution in [2.24, 2.45) is 0 Å². The Hall–Kier alpha value is -2.84. The Balaban J connectivity index is 1.66. The number of amides is 1. The summed E-state index contributed by atoms with van der Waals surface area (Å²) in [6.07, 6.45) is -1.41. The van der Waals surface area contributed by atoms with Gasteiger partial charge in [0.05, 0.1) is 6.54 Å². The number of halogens is 3. The fourth-order valence-electron chi connectivity index (χ4n) is 2.19. The fraction of sp³-hybridized carbons (Fsp3) is 0.118. The summed E-state index contributed by atoms with van der Waals surface area (Å²) >= 11 is 5.75. The topological polar surface area (TPSA) is 88.3 Å². The summed E-state index contributed by atoms with van der Waals surface area (Å²) < 4.78 is 32.2. The van der Waals surface area contributed by atoms with Crippen molar-refractivity contribution in [1.29, 1.82) is 0 Å². The molecule has 0 spiro atoms. The Morgan fingerprint density at radius 3 is 2.50 bits per heavy atom. The first-order chi connectivity index (χ1) is 12.5. The lowest BCUT2D eigenvalue weighted by atomic mass is 10.1. The third-order valence-corrected chi connectivity index (χ3v) is 3.75. The van der Waals surface area contributed by atoms with Gasteiger partial charge in [-0.25, -0.2) is 8.78 Å². The van der Waals surface area contributed by atoms with Gasteiger partial charge >= 0.3 is 0 Å². The maximum atomic E-state index is 13.7. The number of benzene rings is 2. The van der Waals surface area contributed by atoms with E-state index in [9.17, 15) is 18.7 Å². The molecule has 0 fully saturated rings. The fourth-order valence-corrected chi connectivity index (χ4v) is 2.31. The van der Waals surface area contributed by atoms with Crippen LogP contribution in [-0.4, -0.2) is 21.2 Å². The van der Waals surface area contributed by atoms with E-state index in [1.807, 2.05) is 0 Å². The van der Waals surface area contributed by atoms with Crippen molar-refractivity contribution in [2.45, 2.75) is 12.6 Å². The molecule has 2 N–H and O–H groups in total. The normalized spacial score (nSPS) is 12.0. The van der Waals surface area contributed by atoms with Crippen LogP contribution in [0.1, 0.15) is 17.5 Å². The smallest absolute Gasteiger partial charge is 0.263 e. The van der Waals surface area contributed by atoms with Crippen LogP contribution in [-0.2, 0) is 11.3 Å². The van der Waals surface area contributed by atoms with Crippen LogP contribution < -0.4 is 5.32 Å². The monoisotopic (exact) mass is 379 g/mol. The van der Waals surface area contributed by atoms with Crippen molar-refractivity contribution in [2.75, 3.05) is 0 Å². The molecule has 0 saturated heterocycles. The molecule has 0 aliphatic carbocycles. The van der Waals surface area contributed by atoms with Gasteiger partial charge in [-0.2, -0.15) is 4.98 Å². The molecule has 1 amide bonds. The lowest BCUT2D eigenvalue weighted by molar-refractivity contribution is -0.129. The number of carbonyl (C=O) groups excluding carboxylic acids is 1. The highest BCUT2D eigenvalue weighted by Gasteiger charge is 2.20. The summed E-state index contributed by atoms with van der Waals surface area (Å²) in [5.41, 5.74) is -0.0899. The zero-order valence-electron chi connectivity index (χ0n) is 13.1. The molecule has 1 heterocycles. The summed E-state index contributed by atoms with van der Waals surface area (Å²) in [6.45, 7) is -0.191. The van der Waals surface area contributed by atoms with Crippen molar-refractivity contribution >= 4 is 17.5 Å². The van der Waals surface area contributed by atoms with Crippen LogP contribution in [0.5, 0.6) is 0 Å². The maximum Gasteiger partial charge on any atom is 0.263 e. The molecule has 3 aromatic rings. The molecule has 0 bridgehead atoms. The minimum Gasteiger partial charge on any atom is -0.378 e. The van der Waals surface area contributed by atoms with E-state index in [1.54, 1.807) is 12.1 Å². The van der Waals surface area contributed by atoms with Crippen molar-refractivity contribution in [1.82, 2.24) is 15.5 Å². The highest BCUT2D eigenvalue weighted by atomic mass is 35.5. The molecule has 26 heavy (non-hydrogen) atoms. The van der Waals surface area contributed by atoms with Gasteiger partial charge in [-0.05, 0) is 29.8 Å². The van der Waals surface area contributed by atoms with E-state index in [2.05, 4.69) is 15.5 Å². The van der Waals surface area contributed by atoms with Crippen LogP contribution in [0.3, 0.4) is 0 Å². The molecular formula is C17H12ClF2N3O3. The van der Waals surface area contributed by atoms with E-state index < -0.39 is 29.2 Å². The molecule has 0 radical (unpaired) electrons. The standard InChI is InChI=1S/C17H12ClF2N3O3/c18-10-6-4-9(5-7-10)15(24)16(25)21-8-13-22-17(26-23-13)14-11(19)2-1-3-12(14)20/h1-7,15,24H,8H2,(H,21,25)/t15-/m0/s1. The van der Waals surface area contributed by atoms with Gasteiger partial charge in [0.2, 0.25) is 0 Å². The summed E-state index contributed by atoms with van der Waals surface area (Å²) in [7, 11) is 0. The Bertz CT molecular complexity index is 911. The van der Waals surface area contributed by atoms with Crippen molar-refractivity contribution < 1.29 is 23.2 Å². The Kier molecular flexibility index (Phi) is 5.24. The zero-order chi connectivity index (χ0) is 18.7. The second-order valence-corrected chi connectivity index (χ2v) is 5.72. The molecule has 0 aliphatic rings. The number of carbonyl (C=O) groups is 1. The minimum atomic E-state index is -1.41. The molecule has 3 rings (SSSR count). The molecule has 6 nitrogen and oxygen atoms in total. The van der Waals surface area contributed by atoms with Crippen molar-refractivity contribution in [3.63, 3.8) is 0 Å². The number of nitrogens with one attached hydrogen (secondary N) is 1. The highest BCUT2D eigenvalue weighted by molar-refractivity contribution is 6.30. The van der Waals surface area contributed by atoms with Crippen LogP contribution in [0, 0.1) is 11.6 Å². The lowest BCUT2D eigenvalue weighted by Gasteiger charge is -2.10. The van der Waals surface area contributed by atoms with Gasteiger partial charge in [0.1, 0.15) is 17.2 Å². The van der Waals surface area contributed by atoms with Crippen LogP contribution in [0.4, 0.5) is 8.78 Å². The SMILES string of the molecule is O=C(NCc1noc(-c2c(F)cccc2F)n1)[C@@H](O)c1ccc(Cl)cc1. The second-order valence-electron chi connectivity index (χ2n) is 5.28. The van der Waals surface area contributed by atoms with Gasteiger partial charge in [-0.3, -0.25) is 4.79 Å². The Morgan fingerprint density at radius 2 is 1.85 bits per heavy atom. The molecule has 0 unspecified atom stereocenters. The summed E-state index contributed by atoms with van der Waals surface area (Å²) in [5, 5.41) is 16.4. The first-order valence-corrected chi connectivity index (χ1v) is 7.81. The number of hydrogen-bond donors (Lipinski definition) is 2. The number of aliphatic hydroxyl groups excluding tert-OH is 1. The van der Waals surface area contributed by atoms with E-state index in [-0.39, 0.29) is 18.3 Å². The first-order valence-electron chi connectivity index (χ1n) is 7.44.